The number of carbonyl (C=O) groups is 2. The van der Waals surface area contributed by atoms with Gasteiger partial charge in [0.1, 0.15) is 24.7 Å². The predicted octanol–water partition coefficient (Wildman–Crippen LogP) is 12.3. The summed E-state index contributed by atoms with van der Waals surface area (Å²) in [4.78, 5) is 23.6. The molecule has 0 radical (unpaired) electrons. The molecular formula is C53H52N2O6. The minimum absolute atomic E-state index is 0.314. The van der Waals surface area contributed by atoms with E-state index in [9.17, 15) is 14.7 Å². The zero-order valence-corrected chi connectivity index (χ0v) is 35.4. The number of fused-ring (bicyclic) bond motifs is 2. The summed E-state index contributed by atoms with van der Waals surface area (Å²) in [7, 11) is 1.41. The molecule has 0 amide bonds. The molecule has 8 rings (SSSR count). The lowest BCUT2D eigenvalue weighted by Crippen LogP contribution is -2.04. The zero-order valence-electron chi connectivity index (χ0n) is 35.4. The highest BCUT2D eigenvalue weighted by Crippen LogP contribution is 2.31. The van der Waals surface area contributed by atoms with Gasteiger partial charge in [-0.15, -0.1) is 0 Å². The average Bonchev–Trinajstić information content (AvgIpc) is 3.89. The molecule has 6 aromatic carbocycles. The van der Waals surface area contributed by atoms with Crippen molar-refractivity contribution in [3.8, 4) is 11.5 Å². The Labute approximate surface area is 357 Å². The van der Waals surface area contributed by atoms with Gasteiger partial charge in [0, 0.05) is 47.3 Å². The molecule has 0 aliphatic rings. The molecule has 8 nitrogen and oxygen atoms in total. The van der Waals surface area contributed by atoms with Gasteiger partial charge in [0.25, 0.3) is 0 Å². The van der Waals surface area contributed by atoms with E-state index in [4.69, 9.17) is 14.2 Å². The molecule has 0 unspecified atom stereocenters. The van der Waals surface area contributed by atoms with E-state index in [2.05, 4.69) is 91.4 Å². The number of nitrogens with zero attached hydrogens (tertiary/aromatic N) is 2. The second-order valence-electron chi connectivity index (χ2n) is 15.8. The van der Waals surface area contributed by atoms with Crippen LogP contribution in [0, 0.1) is 0 Å². The maximum atomic E-state index is 12.1. The zero-order chi connectivity index (χ0) is 42.9. The van der Waals surface area contributed by atoms with Gasteiger partial charge >= 0.3 is 11.9 Å². The van der Waals surface area contributed by atoms with Gasteiger partial charge in [0.2, 0.25) is 0 Å². The van der Waals surface area contributed by atoms with E-state index in [0.29, 0.717) is 49.3 Å². The number of carboxylic acids is 1. The number of methoxy groups -OCH3 is 1. The highest BCUT2D eigenvalue weighted by atomic mass is 16.5. The van der Waals surface area contributed by atoms with Crippen molar-refractivity contribution in [3.05, 3.63) is 202 Å². The Morgan fingerprint density at radius 3 is 1.39 bits per heavy atom. The third-order valence-corrected chi connectivity index (χ3v) is 10.8. The molecule has 0 saturated heterocycles. The molecule has 0 saturated carbocycles. The van der Waals surface area contributed by atoms with Gasteiger partial charge in [0.15, 0.2) is 0 Å². The van der Waals surface area contributed by atoms with Crippen LogP contribution in [0.25, 0.3) is 21.8 Å². The Hall–Kier alpha value is -7.06. The largest absolute Gasteiger partial charge is 0.489 e. The molecule has 61 heavy (non-hydrogen) atoms. The van der Waals surface area contributed by atoms with E-state index in [1.165, 1.54) is 23.8 Å². The number of rotatable bonds is 14. The number of esters is 1. The van der Waals surface area contributed by atoms with Gasteiger partial charge in [-0.1, -0.05) is 125 Å². The van der Waals surface area contributed by atoms with Gasteiger partial charge in [-0.3, -0.25) is 0 Å². The summed E-state index contributed by atoms with van der Waals surface area (Å²) in [5.41, 5.74) is 9.87. The quantitative estimate of drug-likeness (QED) is 0.110. The van der Waals surface area contributed by atoms with Crippen LogP contribution >= 0.6 is 0 Å². The van der Waals surface area contributed by atoms with Crippen LogP contribution in [0.4, 0.5) is 0 Å². The maximum absolute atomic E-state index is 12.1. The Morgan fingerprint density at radius 1 is 0.525 bits per heavy atom. The van der Waals surface area contributed by atoms with Gasteiger partial charge in [-0.25, -0.2) is 9.59 Å². The van der Waals surface area contributed by atoms with Crippen LogP contribution in [-0.2, 0) is 31.0 Å². The Bertz CT molecular complexity index is 2750. The summed E-state index contributed by atoms with van der Waals surface area (Å²) in [6.45, 7) is 11.2. The van der Waals surface area contributed by atoms with Crippen molar-refractivity contribution in [2.45, 2.75) is 65.8 Å². The lowest BCUT2D eigenvalue weighted by Gasteiger charge is -2.16. The van der Waals surface area contributed by atoms with E-state index in [-0.39, 0.29) is 5.97 Å². The Balaban J connectivity index is 0.000000184. The molecule has 0 aliphatic carbocycles. The molecule has 0 spiro atoms. The average molecular weight is 813 g/mol. The lowest BCUT2D eigenvalue weighted by molar-refractivity contribution is 0.0602. The van der Waals surface area contributed by atoms with Crippen molar-refractivity contribution in [1.82, 2.24) is 9.13 Å². The summed E-state index contributed by atoms with van der Waals surface area (Å²) < 4.78 is 21.4. The Morgan fingerprint density at radius 2 is 0.967 bits per heavy atom. The van der Waals surface area contributed by atoms with Gasteiger partial charge in [0.05, 0.1) is 18.2 Å². The highest BCUT2D eigenvalue weighted by Gasteiger charge is 2.16. The molecule has 2 aromatic heterocycles. The molecule has 0 bridgehead atoms. The van der Waals surface area contributed by atoms with E-state index in [1.54, 1.807) is 18.2 Å². The van der Waals surface area contributed by atoms with Crippen LogP contribution in [0.1, 0.15) is 93.6 Å². The third-order valence-electron chi connectivity index (χ3n) is 10.8. The SMILES string of the molecule is CC(C)c1cc(Cn2ccc3c(C(=O)O)cccc32)ccc1OCc1ccccc1.COC(=O)c1cccc2c1ccn2Cc1ccc(OCc2ccccc2)c(C(C)C)c1. The van der Waals surface area contributed by atoms with Crippen LogP contribution < -0.4 is 9.47 Å². The first-order valence-corrected chi connectivity index (χ1v) is 20.7. The molecule has 0 aliphatic heterocycles. The van der Waals surface area contributed by atoms with E-state index in [0.717, 1.165) is 50.0 Å². The van der Waals surface area contributed by atoms with Crippen molar-refractivity contribution in [3.63, 3.8) is 0 Å². The fourth-order valence-corrected chi connectivity index (χ4v) is 7.62. The van der Waals surface area contributed by atoms with Gasteiger partial charge in [-0.2, -0.15) is 0 Å². The summed E-state index contributed by atoms with van der Waals surface area (Å²) in [6.07, 6.45) is 3.97. The predicted molar refractivity (Wildman–Crippen MR) is 243 cm³/mol. The first kappa shape index (κ1) is 42.1. The standard InChI is InChI=1S/C27H27NO3.C26H25NO3/c1-19(2)24-16-21(12-13-26(24)31-18-20-8-5-4-6-9-20)17-28-15-14-22-23(27(29)30-3)10-7-11-25(22)28;1-18(2)23-15-20(11-12-25(23)30-17-19-7-4-3-5-8-19)16-27-14-13-21-22(26(28)29)9-6-10-24(21)27/h4-16,19H,17-18H2,1-3H3;3-15,18H,16-17H2,1-2H3,(H,28,29). The first-order chi connectivity index (χ1) is 29.6. The smallest absolute Gasteiger partial charge is 0.338 e. The maximum Gasteiger partial charge on any atom is 0.338 e. The third kappa shape index (κ3) is 10.0. The van der Waals surface area contributed by atoms with Crippen LogP contribution in [-0.4, -0.2) is 33.3 Å². The van der Waals surface area contributed by atoms with Crippen molar-refractivity contribution < 1.29 is 28.9 Å². The van der Waals surface area contributed by atoms with Crippen LogP contribution in [0.2, 0.25) is 0 Å². The number of carboxylic acid groups (broad SMARTS) is 1. The van der Waals surface area contributed by atoms with Crippen LogP contribution in [0.5, 0.6) is 11.5 Å². The molecule has 8 aromatic rings. The Kier molecular flexibility index (Phi) is 13.3. The summed E-state index contributed by atoms with van der Waals surface area (Å²) in [5, 5.41) is 11.1. The van der Waals surface area contributed by atoms with E-state index in [1.807, 2.05) is 85.2 Å². The number of hydrogen-bond acceptors (Lipinski definition) is 5. The number of ether oxygens (including phenoxy) is 3. The fourth-order valence-electron chi connectivity index (χ4n) is 7.62. The molecule has 310 valence electrons. The summed E-state index contributed by atoms with van der Waals surface area (Å²) in [5.74, 6) is 1.29. The second-order valence-corrected chi connectivity index (χ2v) is 15.8. The molecule has 0 fully saturated rings. The number of benzene rings is 6. The van der Waals surface area contributed by atoms with Crippen LogP contribution in [0.15, 0.2) is 158 Å². The van der Waals surface area contributed by atoms with Crippen molar-refractivity contribution in [1.29, 1.82) is 0 Å². The molecule has 8 heteroatoms. The number of carbonyl (C=O) groups excluding carboxylic acids is 1. The number of hydrogen-bond donors (Lipinski definition) is 1. The summed E-state index contributed by atoms with van der Waals surface area (Å²) >= 11 is 0. The molecule has 0 atom stereocenters. The topological polar surface area (TPSA) is 91.9 Å². The van der Waals surface area contributed by atoms with Crippen LogP contribution in [0.3, 0.4) is 0 Å². The van der Waals surface area contributed by atoms with E-state index < -0.39 is 5.97 Å². The van der Waals surface area contributed by atoms with E-state index >= 15 is 0 Å². The minimum atomic E-state index is -0.902. The van der Waals surface area contributed by atoms with Gasteiger partial charge < -0.3 is 28.5 Å². The fraction of sp³-hybridized carbons (Fsp3) is 0.208. The first-order valence-electron chi connectivity index (χ1n) is 20.7. The van der Waals surface area contributed by atoms with Crippen molar-refractivity contribution >= 4 is 33.7 Å². The van der Waals surface area contributed by atoms with Crippen molar-refractivity contribution in [2.24, 2.45) is 0 Å². The molecule has 1 N–H and O–H groups in total. The summed E-state index contributed by atoms with van der Waals surface area (Å²) in [6, 6.07) is 48.1. The normalized spacial score (nSPS) is 11.1. The number of aromatic nitrogens is 2. The highest BCUT2D eigenvalue weighted by molar-refractivity contribution is 6.04. The second kappa shape index (κ2) is 19.3. The van der Waals surface area contributed by atoms with Gasteiger partial charge in [-0.05, 0) is 93.7 Å². The number of aromatic carboxylic acids is 1. The monoisotopic (exact) mass is 812 g/mol. The molecule has 2 heterocycles. The minimum Gasteiger partial charge on any atom is -0.489 e. The lowest BCUT2D eigenvalue weighted by atomic mass is 9.99. The molecular weight excluding hydrogens is 761 g/mol. The van der Waals surface area contributed by atoms with Crippen molar-refractivity contribution in [2.75, 3.05) is 7.11 Å².